The zero-order valence-electron chi connectivity index (χ0n) is 29.6. The van der Waals surface area contributed by atoms with E-state index in [0.29, 0.717) is 17.0 Å². The summed E-state index contributed by atoms with van der Waals surface area (Å²) in [7, 11) is 0. The largest absolute Gasteiger partial charge is 0.509 e. The molecule has 4 aromatic heterocycles. The van der Waals surface area contributed by atoms with Gasteiger partial charge in [-0.1, -0.05) is 57.2 Å². The van der Waals surface area contributed by atoms with Gasteiger partial charge in [-0.15, -0.1) is 35.9 Å². The number of imidazole rings is 3. The molecule has 8 rings (SSSR count). The molecule has 0 radical (unpaired) electrons. The van der Waals surface area contributed by atoms with Crippen molar-refractivity contribution in [1.29, 1.82) is 0 Å². The second-order valence-electron chi connectivity index (χ2n) is 13.1. The van der Waals surface area contributed by atoms with E-state index in [1.807, 2.05) is 102 Å². The van der Waals surface area contributed by atoms with Gasteiger partial charge in [0.1, 0.15) is 5.82 Å². The van der Waals surface area contributed by atoms with Crippen LogP contribution in [0.4, 0.5) is 0 Å². The molecule has 4 aromatic carbocycles. The van der Waals surface area contributed by atoms with Crippen LogP contribution in [-0.2, 0) is 39.0 Å². The monoisotopic (exact) mass is 800 g/mol. The second-order valence-corrected chi connectivity index (χ2v) is 13.1. The van der Waals surface area contributed by atoms with Crippen LogP contribution in [0.15, 0.2) is 97.2 Å². The Hall–Kier alpha value is -4.74. The average molecular weight is 801 g/mol. The van der Waals surface area contributed by atoms with Gasteiger partial charge in [-0.05, 0) is 60.1 Å². The summed E-state index contributed by atoms with van der Waals surface area (Å²) in [5.74, 6) is 2.50. The molecule has 8 heteroatoms. The Morgan fingerprint density at radius 1 is 0.809 bits per heavy atom. The first-order chi connectivity index (χ1) is 23.3. The fraction of sp³-hybridized carbons (Fsp3) is 0.205. The number of nitrogens with zero attached hydrogens (tertiary/aromatic N) is 6. The summed E-state index contributed by atoms with van der Waals surface area (Å²) in [6.45, 7) is 8.21. The van der Waals surface area contributed by atoms with Gasteiger partial charge in [0.05, 0.1) is 27.7 Å². The fourth-order valence-corrected chi connectivity index (χ4v) is 6.17. The fourth-order valence-electron chi connectivity index (χ4n) is 6.17. The number of hydrogen-bond acceptors (Lipinski definition) is 3. The van der Waals surface area contributed by atoms with Gasteiger partial charge >= 0.3 is 0 Å². The molecule has 0 aliphatic heterocycles. The molecule has 7 nitrogen and oxygen atoms in total. The normalized spacial score (nSPS) is 13.5. The molecule has 0 fully saturated rings. The van der Waals surface area contributed by atoms with Crippen LogP contribution in [-0.4, -0.2) is 23.5 Å². The Balaban J connectivity index is 0.00000392. The van der Waals surface area contributed by atoms with Crippen molar-refractivity contribution in [3.63, 3.8) is 0 Å². The smallest absolute Gasteiger partial charge is 0.208 e. The molecule has 0 aliphatic carbocycles. The first-order valence-corrected chi connectivity index (χ1v) is 15.3. The van der Waals surface area contributed by atoms with Crippen molar-refractivity contribution in [2.75, 3.05) is 0 Å². The number of fused-ring (bicyclic) bond motifs is 6. The minimum absolute atomic E-state index is 0. The van der Waals surface area contributed by atoms with Crippen molar-refractivity contribution in [3.8, 4) is 17.3 Å². The average Bonchev–Trinajstić information content (AvgIpc) is 3.74. The van der Waals surface area contributed by atoms with Crippen molar-refractivity contribution in [2.24, 2.45) is 6.98 Å². The van der Waals surface area contributed by atoms with E-state index in [4.69, 9.17) is 18.8 Å². The molecule has 0 aliphatic rings. The molecule has 47 heavy (non-hydrogen) atoms. The maximum atomic E-state index is 8.08. The van der Waals surface area contributed by atoms with E-state index >= 15 is 0 Å². The summed E-state index contributed by atoms with van der Waals surface area (Å²) in [4.78, 5) is 9.80. The van der Waals surface area contributed by atoms with Crippen LogP contribution in [0.1, 0.15) is 49.9 Å². The van der Waals surface area contributed by atoms with Gasteiger partial charge in [-0.25, -0.2) is 9.97 Å². The van der Waals surface area contributed by atoms with Gasteiger partial charge in [-0.3, -0.25) is 4.57 Å². The zero-order valence-corrected chi connectivity index (χ0v) is 28.9. The SMILES string of the molecule is [2H]C([2H])([2H])[n+]1[c-]n(C(C)(C)c2[c-]c(Oc3[c-]c4c(cc3)n3c5ccccc5nc3n4-c3cc(C(C)(C)C)ccn3)ccc2)c2ccccc21.[Pt]. The van der Waals surface area contributed by atoms with E-state index in [2.05, 4.69) is 55.8 Å². The Kier molecular flexibility index (Phi) is 6.53. The number of benzene rings is 4. The molecule has 238 valence electrons. The third kappa shape index (κ3) is 5.05. The molecule has 0 saturated carbocycles. The van der Waals surface area contributed by atoms with Gasteiger partial charge < -0.3 is 18.3 Å². The number of rotatable bonds is 5. The number of aromatic nitrogens is 6. The summed E-state index contributed by atoms with van der Waals surface area (Å²) in [5.41, 5.74) is 6.11. The van der Waals surface area contributed by atoms with Gasteiger partial charge in [0, 0.05) is 49.8 Å². The summed E-state index contributed by atoms with van der Waals surface area (Å²) >= 11 is 0. The van der Waals surface area contributed by atoms with Crippen LogP contribution >= 0.6 is 0 Å². The Labute approximate surface area is 292 Å². The molecule has 0 unspecified atom stereocenters. The first kappa shape index (κ1) is 27.4. The molecule has 8 aromatic rings. The molecule has 0 N–H and O–H groups in total. The third-order valence-corrected chi connectivity index (χ3v) is 8.69. The number of pyridine rings is 1. The van der Waals surface area contributed by atoms with Crippen LogP contribution < -0.4 is 9.30 Å². The Morgan fingerprint density at radius 2 is 1.57 bits per heavy atom. The van der Waals surface area contributed by atoms with Crippen molar-refractivity contribution in [3.05, 3.63) is 127 Å². The molecule has 4 heterocycles. The topological polar surface area (TPSA) is 53.2 Å². The van der Waals surface area contributed by atoms with Gasteiger partial charge in [0.25, 0.3) is 0 Å². The van der Waals surface area contributed by atoms with Crippen LogP contribution in [0, 0.1) is 18.5 Å². The van der Waals surface area contributed by atoms with Crippen molar-refractivity contribution in [1.82, 2.24) is 23.5 Å². The molecule has 0 amide bonds. The maximum absolute atomic E-state index is 8.08. The summed E-state index contributed by atoms with van der Waals surface area (Å²) in [5, 5.41) is 0. The van der Waals surface area contributed by atoms with Crippen LogP contribution in [0.25, 0.3) is 44.7 Å². The van der Waals surface area contributed by atoms with Crippen molar-refractivity contribution in [2.45, 2.75) is 45.6 Å². The van der Waals surface area contributed by atoms with Gasteiger partial charge in [0.15, 0.2) is 0 Å². The van der Waals surface area contributed by atoms with Gasteiger partial charge in [-0.2, -0.15) is 12.1 Å². The number of hydrogen-bond donors (Lipinski definition) is 0. The van der Waals surface area contributed by atoms with E-state index in [1.165, 1.54) is 4.57 Å². The number of para-hydroxylation sites is 4. The molecule has 0 atom stereocenters. The Morgan fingerprint density at radius 3 is 2.38 bits per heavy atom. The predicted molar refractivity (Wildman–Crippen MR) is 181 cm³/mol. The standard InChI is InChI=1S/C39H34N6O.Pt/c1-38(2,3)26-20-21-40-36(23-26)45-35-24-29(18-19-34(35)44-31-15-8-7-14-30(31)41-37(44)45)46-28-13-11-12-27(22-28)39(4,5)43-25-42(6)32-16-9-10-17-33(32)43;/h7-21,23H,1-6H3;/q-2;/i6D3;. The van der Waals surface area contributed by atoms with E-state index in [1.54, 1.807) is 6.07 Å². The number of ether oxygens (including phenoxy) is 1. The summed E-state index contributed by atoms with van der Waals surface area (Å²) in [6.07, 6.45) is 4.94. The molecular formula is C39H34N6OPt-2. The summed E-state index contributed by atoms with van der Waals surface area (Å²) in [6, 6.07) is 36.3. The van der Waals surface area contributed by atoms with E-state index in [0.717, 1.165) is 50.3 Å². The van der Waals surface area contributed by atoms with Crippen LogP contribution in [0.5, 0.6) is 11.5 Å². The van der Waals surface area contributed by atoms with Gasteiger partial charge in [0.2, 0.25) is 12.1 Å². The van der Waals surface area contributed by atoms with E-state index in [9.17, 15) is 0 Å². The number of aryl methyl sites for hydroxylation is 1. The third-order valence-electron chi connectivity index (χ3n) is 8.69. The van der Waals surface area contributed by atoms with Crippen LogP contribution in [0.2, 0.25) is 0 Å². The molecular weight excluding hydrogens is 764 g/mol. The quantitative estimate of drug-likeness (QED) is 0.132. The van der Waals surface area contributed by atoms with Crippen molar-refractivity contribution >= 4 is 38.9 Å². The first-order valence-electron chi connectivity index (χ1n) is 16.8. The molecule has 0 bridgehead atoms. The zero-order chi connectivity index (χ0) is 34.3. The summed E-state index contributed by atoms with van der Waals surface area (Å²) < 4.78 is 37.9. The predicted octanol–water partition coefficient (Wildman–Crippen LogP) is 7.88. The minimum atomic E-state index is -2.38. The minimum Gasteiger partial charge on any atom is -0.509 e. The maximum Gasteiger partial charge on any atom is 0.208 e. The molecule has 0 saturated heterocycles. The van der Waals surface area contributed by atoms with Crippen molar-refractivity contribution < 1.29 is 34.5 Å². The van der Waals surface area contributed by atoms with E-state index in [-0.39, 0.29) is 26.5 Å². The van der Waals surface area contributed by atoms with Crippen LogP contribution in [0.3, 0.4) is 0 Å². The Bertz CT molecular complexity index is 2560. The molecule has 0 spiro atoms. The van der Waals surface area contributed by atoms with E-state index < -0.39 is 12.5 Å². The second kappa shape index (κ2) is 11.2.